The fraction of sp³-hybridized carbons (Fsp3) is 0.143. The van der Waals surface area contributed by atoms with Crippen LogP contribution in [0.3, 0.4) is 0 Å². The Balaban J connectivity index is 1.89. The van der Waals surface area contributed by atoms with Crippen molar-refractivity contribution in [2.75, 3.05) is 5.32 Å². The van der Waals surface area contributed by atoms with E-state index in [1.807, 2.05) is 56.4 Å². The molecule has 0 amide bonds. The molecule has 2 aromatic rings. The van der Waals surface area contributed by atoms with Crippen molar-refractivity contribution in [2.45, 2.75) is 6.92 Å². The van der Waals surface area contributed by atoms with Crippen LogP contribution in [0.5, 0.6) is 0 Å². The van der Waals surface area contributed by atoms with Crippen molar-refractivity contribution >= 4 is 29.2 Å². The lowest BCUT2D eigenvalue weighted by molar-refractivity contribution is 0.872. The highest BCUT2D eigenvalue weighted by molar-refractivity contribution is 7.80. The van der Waals surface area contributed by atoms with Crippen LogP contribution in [0.1, 0.15) is 11.4 Å². The van der Waals surface area contributed by atoms with Crippen LogP contribution in [-0.2, 0) is 7.05 Å². The van der Waals surface area contributed by atoms with Gasteiger partial charge in [0.15, 0.2) is 5.11 Å². The maximum atomic E-state index is 5.15. The van der Waals surface area contributed by atoms with Gasteiger partial charge < -0.3 is 9.88 Å². The van der Waals surface area contributed by atoms with Gasteiger partial charge in [0, 0.05) is 18.4 Å². The van der Waals surface area contributed by atoms with Crippen molar-refractivity contribution < 1.29 is 0 Å². The fourth-order valence-corrected chi connectivity index (χ4v) is 1.77. The van der Waals surface area contributed by atoms with Crippen LogP contribution < -0.4 is 10.7 Å². The third-order valence-corrected chi connectivity index (χ3v) is 3.00. The Morgan fingerprint density at radius 2 is 1.95 bits per heavy atom. The van der Waals surface area contributed by atoms with Crippen molar-refractivity contribution in [3.8, 4) is 0 Å². The zero-order valence-corrected chi connectivity index (χ0v) is 11.7. The van der Waals surface area contributed by atoms with Gasteiger partial charge in [-0.15, -0.1) is 0 Å². The van der Waals surface area contributed by atoms with Gasteiger partial charge in [-0.3, -0.25) is 5.43 Å². The maximum absolute atomic E-state index is 5.15. The van der Waals surface area contributed by atoms with Crippen molar-refractivity contribution in [1.29, 1.82) is 0 Å². The standard InChI is InChI=1S/C14H16N4S/c1-11-8-9-13(18(11)2)10-15-17-14(19)16-12-6-4-3-5-7-12/h3-10H,1-2H3,(H2,16,17,19)/b15-10-. The van der Waals surface area contributed by atoms with Gasteiger partial charge in [-0.1, -0.05) is 18.2 Å². The van der Waals surface area contributed by atoms with E-state index in [0.29, 0.717) is 5.11 Å². The monoisotopic (exact) mass is 272 g/mol. The summed E-state index contributed by atoms with van der Waals surface area (Å²) < 4.78 is 2.05. The second-order valence-corrected chi connectivity index (χ2v) is 4.56. The highest BCUT2D eigenvalue weighted by atomic mass is 32.1. The van der Waals surface area contributed by atoms with Crippen LogP contribution in [0.25, 0.3) is 0 Å². The van der Waals surface area contributed by atoms with Gasteiger partial charge in [-0.05, 0) is 43.4 Å². The molecular formula is C14H16N4S. The minimum atomic E-state index is 0.466. The van der Waals surface area contributed by atoms with Gasteiger partial charge in [0.1, 0.15) is 0 Å². The average molecular weight is 272 g/mol. The molecule has 2 rings (SSSR count). The summed E-state index contributed by atoms with van der Waals surface area (Å²) in [5.74, 6) is 0. The number of hydrogen-bond acceptors (Lipinski definition) is 2. The number of nitrogens with zero attached hydrogens (tertiary/aromatic N) is 2. The number of anilines is 1. The Labute approximate surface area is 118 Å². The minimum Gasteiger partial charge on any atom is -0.347 e. The number of para-hydroxylation sites is 1. The first-order chi connectivity index (χ1) is 9.16. The van der Waals surface area contributed by atoms with E-state index in [1.165, 1.54) is 5.69 Å². The van der Waals surface area contributed by atoms with Crippen molar-refractivity contribution in [3.63, 3.8) is 0 Å². The quantitative estimate of drug-likeness (QED) is 0.513. The van der Waals surface area contributed by atoms with Gasteiger partial charge in [-0.25, -0.2) is 0 Å². The van der Waals surface area contributed by atoms with Crippen LogP contribution in [0.2, 0.25) is 0 Å². The zero-order chi connectivity index (χ0) is 13.7. The van der Waals surface area contributed by atoms with E-state index in [9.17, 15) is 0 Å². The summed E-state index contributed by atoms with van der Waals surface area (Å²) in [6.07, 6.45) is 1.74. The van der Waals surface area contributed by atoms with E-state index in [2.05, 4.69) is 20.4 Å². The molecule has 0 bridgehead atoms. The Bertz CT molecular complexity index is 587. The summed E-state index contributed by atoms with van der Waals surface area (Å²) in [7, 11) is 2.00. The van der Waals surface area contributed by atoms with E-state index < -0.39 is 0 Å². The summed E-state index contributed by atoms with van der Waals surface area (Å²) in [5, 5.41) is 7.63. The van der Waals surface area contributed by atoms with Crippen LogP contribution >= 0.6 is 12.2 Å². The Hall–Kier alpha value is -2.14. The lowest BCUT2D eigenvalue weighted by atomic mass is 10.3. The molecule has 98 valence electrons. The van der Waals surface area contributed by atoms with Gasteiger partial charge in [0.2, 0.25) is 0 Å². The van der Waals surface area contributed by atoms with E-state index in [0.717, 1.165) is 11.4 Å². The molecule has 0 aliphatic carbocycles. The van der Waals surface area contributed by atoms with Gasteiger partial charge in [0.05, 0.1) is 11.9 Å². The highest BCUT2D eigenvalue weighted by Gasteiger charge is 1.97. The fourth-order valence-electron chi connectivity index (χ4n) is 1.60. The van der Waals surface area contributed by atoms with Crippen LogP contribution in [0, 0.1) is 6.92 Å². The molecule has 4 nitrogen and oxygen atoms in total. The second kappa shape index (κ2) is 6.15. The first-order valence-electron chi connectivity index (χ1n) is 5.94. The third-order valence-electron chi connectivity index (χ3n) is 2.81. The van der Waals surface area contributed by atoms with E-state index >= 15 is 0 Å². The number of aromatic nitrogens is 1. The molecule has 0 saturated carbocycles. The molecular weight excluding hydrogens is 256 g/mol. The third kappa shape index (κ3) is 3.66. The van der Waals surface area contributed by atoms with Crippen molar-refractivity contribution in [2.24, 2.45) is 12.1 Å². The molecule has 1 aromatic carbocycles. The summed E-state index contributed by atoms with van der Waals surface area (Å²) >= 11 is 5.15. The molecule has 1 aromatic heterocycles. The number of thiocarbonyl (C=S) groups is 1. The predicted molar refractivity (Wildman–Crippen MR) is 83.5 cm³/mol. The van der Waals surface area contributed by atoms with Crippen molar-refractivity contribution in [1.82, 2.24) is 9.99 Å². The molecule has 0 radical (unpaired) electrons. The van der Waals surface area contributed by atoms with Crippen LogP contribution in [0.15, 0.2) is 47.6 Å². The number of hydrazone groups is 1. The van der Waals surface area contributed by atoms with Gasteiger partial charge in [0.25, 0.3) is 0 Å². The van der Waals surface area contributed by atoms with Crippen LogP contribution in [-0.4, -0.2) is 15.9 Å². The molecule has 0 aliphatic heterocycles. The van der Waals surface area contributed by atoms with E-state index in [4.69, 9.17) is 12.2 Å². The number of benzene rings is 1. The lowest BCUT2D eigenvalue weighted by Crippen LogP contribution is -2.23. The molecule has 0 spiro atoms. The SMILES string of the molecule is Cc1ccc(/C=N\NC(=S)Nc2ccccc2)n1C. The second-order valence-electron chi connectivity index (χ2n) is 4.15. The summed E-state index contributed by atoms with van der Waals surface area (Å²) in [5.41, 5.74) is 5.94. The first-order valence-corrected chi connectivity index (χ1v) is 6.35. The Kier molecular flexibility index (Phi) is 4.30. The molecule has 5 heteroatoms. The average Bonchev–Trinajstić information content (AvgIpc) is 2.72. The highest BCUT2D eigenvalue weighted by Crippen LogP contribution is 2.04. The Morgan fingerprint density at radius 3 is 2.58 bits per heavy atom. The van der Waals surface area contributed by atoms with E-state index in [-0.39, 0.29) is 0 Å². The van der Waals surface area contributed by atoms with E-state index in [1.54, 1.807) is 6.21 Å². The van der Waals surface area contributed by atoms with Crippen molar-refractivity contribution in [3.05, 3.63) is 53.9 Å². The largest absolute Gasteiger partial charge is 0.347 e. The topological polar surface area (TPSA) is 41.4 Å². The summed E-state index contributed by atoms with van der Waals surface area (Å²) in [6.45, 7) is 2.05. The molecule has 1 heterocycles. The molecule has 0 fully saturated rings. The molecule has 0 aliphatic rings. The van der Waals surface area contributed by atoms with Crippen LogP contribution in [0.4, 0.5) is 5.69 Å². The number of hydrogen-bond donors (Lipinski definition) is 2. The number of nitrogens with one attached hydrogen (secondary N) is 2. The first kappa shape index (κ1) is 13.3. The molecule has 0 saturated heterocycles. The molecule has 2 N–H and O–H groups in total. The molecule has 19 heavy (non-hydrogen) atoms. The lowest BCUT2D eigenvalue weighted by Gasteiger charge is -2.06. The Morgan fingerprint density at radius 1 is 1.21 bits per heavy atom. The van der Waals surface area contributed by atoms with Gasteiger partial charge in [-0.2, -0.15) is 5.10 Å². The zero-order valence-electron chi connectivity index (χ0n) is 10.9. The minimum absolute atomic E-state index is 0.466. The molecule has 0 unspecified atom stereocenters. The van der Waals surface area contributed by atoms with Gasteiger partial charge >= 0.3 is 0 Å². The number of rotatable bonds is 3. The smallest absolute Gasteiger partial charge is 0.191 e. The predicted octanol–water partition coefficient (Wildman–Crippen LogP) is 2.65. The normalized spacial score (nSPS) is 10.6. The summed E-state index contributed by atoms with van der Waals surface area (Å²) in [4.78, 5) is 0. The molecule has 0 atom stereocenters. The number of aryl methyl sites for hydroxylation is 1. The summed E-state index contributed by atoms with van der Waals surface area (Å²) in [6, 6.07) is 13.8. The maximum Gasteiger partial charge on any atom is 0.191 e.